The molecular formula is C14H13NO4S. The van der Waals surface area contributed by atoms with Gasteiger partial charge in [0, 0.05) is 4.70 Å². The number of amides is 1. The van der Waals surface area contributed by atoms with E-state index in [-0.39, 0.29) is 19.1 Å². The molecule has 0 saturated carbocycles. The molecule has 1 aliphatic rings. The first-order chi connectivity index (χ1) is 9.65. The van der Waals surface area contributed by atoms with Gasteiger partial charge >= 0.3 is 5.97 Å². The van der Waals surface area contributed by atoms with Gasteiger partial charge in [0.1, 0.15) is 5.92 Å². The Hall–Kier alpha value is -1.92. The average molecular weight is 291 g/mol. The SMILES string of the molecule is O=C(NC1COCC1C(=O)O)c1cc2ccccc2s1. The van der Waals surface area contributed by atoms with E-state index in [1.54, 1.807) is 0 Å². The molecule has 0 spiro atoms. The van der Waals surface area contributed by atoms with E-state index < -0.39 is 17.9 Å². The summed E-state index contributed by atoms with van der Waals surface area (Å²) in [4.78, 5) is 23.8. The first kappa shape index (κ1) is 13.1. The molecule has 2 aromatic rings. The summed E-state index contributed by atoms with van der Waals surface area (Å²) in [7, 11) is 0. The van der Waals surface area contributed by atoms with Gasteiger partial charge < -0.3 is 15.2 Å². The zero-order valence-electron chi connectivity index (χ0n) is 10.5. The molecule has 2 heterocycles. The minimum Gasteiger partial charge on any atom is -0.481 e. The number of benzene rings is 1. The van der Waals surface area contributed by atoms with Crippen LogP contribution in [0.15, 0.2) is 30.3 Å². The quantitative estimate of drug-likeness (QED) is 0.903. The highest BCUT2D eigenvalue weighted by Crippen LogP contribution is 2.25. The van der Waals surface area contributed by atoms with Crippen LogP contribution in [-0.4, -0.2) is 36.2 Å². The van der Waals surface area contributed by atoms with Gasteiger partial charge in [-0.2, -0.15) is 0 Å². The van der Waals surface area contributed by atoms with Crippen molar-refractivity contribution < 1.29 is 19.4 Å². The molecule has 1 aliphatic heterocycles. The highest BCUT2D eigenvalue weighted by atomic mass is 32.1. The number of carboxylic acids is 1. The zero-order chi connectivity index (χ0) is 14.1. The number of nitrogens with one attached hydrogen (secondary N) is 1. The van der Waals surface area contributed by atoms with Crippen LogP contribution in [0.2, 0.25) is 0 Å². The minimum absolute atomic E-state index is 0.146. The Balaban J connectivity index is 1.77. The Morgan fingerprint density at radius 2 is 2.10 bits per heavy atom. The third-order valence-corrected chi connectivity index (χ3v) is 4.48. The van der Waals surface area contributed by atoms with Crippen molar-refractivity contribution in [2.24, 2.45) is 5.92 Å². The largest absolute Gasteiger partial charge is 0.481 e. The van der Waals surface area contributed by atoms with E-state index in [2.05, 4.69) is 5.32 Å². The second-order valence-electron chi connectivity index (χ2n) is 4.71. The third-order valence-electron chi connectivity index (χ3n) is 3.36. The fourth-order valence-electron chi connectivity index (χ4n) is 2.27. The molecular weight excluding hydrogens is 278 g/mol. The molecule has 0 radical (unpaired) electrons. The molecule has 104 valence electrons. The van der Waals surface area contributed by atoms with Gasteiger partial charge in [-0.1, -0.05) is 18.2 Å². The summed E-state index contributed by atoms with van der Waals surface area (Å²) in [5.74, 6) is -1.86. The van der Waals surface area contributed by atoms with Crippen LogP contribution in [0.4, 0.5) is 0 Å². The Morgan fingerprint density at radius 1 is 1.30 bits per heavy atom. The number of hydrogen-bond acceptors (Lipinski definition) is 4. The average Bonchev–Trinajstić information content (AvgIpc) is 3.03. The van der Waals surface area contributed by atoms with Crippen molar-refractivity contribution >= 4 is 33.3 Å². The molecule has 2 unspecified atom stereocenters. The molecule has 1 fully saturated rings. The lowest BCUT2D eigenvalue weighted by Gasteiger charge is -2.14. The van der Waals surface area contributed by atoms with Crippen molar-refractivity contribution in [3.05, 3.63) is 35.2 Å². The number of ether oxygens (including phenoxy) is 1. The Morgan fingerprint density at radius 3 is 2.85 bits per heavy atom. The topological polar surface area (TPSA) is 75.6 Å². The maximum absolute atomic E-state index is 12.2. The summed E-state index contributed by atoms with van der Waals surface area (Å²) in [5.41, 5.74) is 0. The maximum Gasteiger partial charge on any atom is 0.311 e. The molecule has 2 N–H and O–H groups in total. The van der Waals surface area contributed by atoms with E-state index in [0.717, 1.165) is 10.1 Å². The summed E-state index contributed by atoms with van der Waals surface area (Å²) in [5, 5.41) is 12.8. The van der Waals surface area contributed by atoms with E-state index in [0.29, 0.717) is 4.88 Å². The van der Waals surface area contributed by atoms with E-state index >= 15 is 0 Å². The summed E-state index contributed by atoms with van der Waals surface area (Å²) >= 11 is 1.40. The van der Waals surface area contributed by atoms with E-state index in [9.17, 15) is 9.59 Å². The van der Waals surface area contributed by atoms with Crippen molar-refractivity contribution in [2.75, 3.05) is 13.2 Å². The molecule has 1 amide bonds. The standard InChI is InChI=1S/C14H13NO4S/c16-13(15-10-7-19-6-9(10)14(17)18)12-5-8-3-1-2-4-11(8)20-12/h1-5,9-10H,6-7H2,(H,15,16)(H,17,18). The molecule has 1 aromatic heterocycles. The van der Waals surface area contributed by atoms with Gasteiger partial charge in [-0.3, -0.25) is 9.59 Å². The number of aliphatic carboxylic acids is 1. The molecule has 0 bridgehead atoms. The fraction of sp³-hybridized carbons (Fsp3) is 0.286. The Bertz CT molecular complexity index is 633. The van der Waals surface area contributed by atoms with E-state index in [1.807, 2.05) is 30.3 Å². The minimum atomic E-state index is -0.941. The molecule has 20 heavy (non-hydrogen) atoms. The Labute approximate surface area is 119 Å². The van der Waals surface area contributed by atoms with Crippen LogP contribution >= 0.6 is 11.3 Å². The van der Waals surface area contributed by atoms with Gasteiger partial charge in [0.15, 0.2) is 0 Å². The van der Waals surface area contributed by atoms with Gasteiger partial charge in [0.2, 0.25) is 0 Å². The monoisotopic (exact) mass is 291 g/mol. The molecule has 2 atom stereocenters. The van der Waals surface area contributed by atoms with Crippen LogP contribution in [0.3, 0.4) is 0 Å². The lowest BCUT2D eigenvalue weighted by Crippen LogP contribution is -2.42. The number of hydrogen-bond donors (Lipinski definition) is 2. The number of fused-ring (bicyclic) bond motifs is 1. The molecule has 0 aliphatic carbocycles. The van der Waals surface area contributed by atoms with Crippen LogP contribution in [0, 0.1) is 5.92 Å². The van der Waals surface area contributed by atoms with Gasteiger partial charge in [0.05, 0.1) is 24.1 Å². The van der Waals surface area contributed by atoms with Crippen LogP contribution in [0.5, 0.6) is 0 Å². The van der Waals surface area contributed by atoms with Crippen LogP contribution in [-0.2, 0) is 9.53 Å². The Kier molecular flexibility index (Phi) is 3.42. The predicted octanol–water partition coefficient (Wildman–Crippen LogP) is 1.73. The molecule has 3 rings (SSSR count). The summed E-state index contributed by atoms with van der Waals surface area (Å²) in [6.07, 6.45) is 0. The lowest BCUT2D eigenvalue weighted by molar-refractivity contribution is -0.142. The number of rotatable bonds is 3. The summed E-state index contributed by atoms with van der Waals surface area (Å²) in [6.45, 7) is 0.389. The first-order valence-electron chi connectivity index (χ1n) is 6.25. The number of thiophene rings is 1. The van der Waals surface area contributed by atoms with Gasteiger partial charge in [-0.15, -0.1) is 11.3 Å². The molecule has 6 heteroatoms. The predicted molar refractivity (Wildman–Crippen MR) is 75.0 cm³/mol. The van der Waals surface area contributed by atoms with Crippen molar-refractivity contribution in [1.82, 2.24) is 5.32 Å². The third kappa shape index (κ3) is 2.39. The van der Waals surface area contributed by atoms with Crippen molar-refractivity contribution in [3.8, 4) is 0 Å². The lowest BCUT2D eigenvalue weighted by atomic mass is 10.0. The van der Waals surface area contributed by atoms with Gasteiger partial charge in [-0.25, -0.2) is 0 Å². The number of carbonyl (C=O) groups is 2. The highest BCUT2D eigenvalue weighted by molar-refractivity contribution is 7.20. The van der Waals surface area contributed by atoms with Crippen LogP contribution in [0.1, 0.15) is 9.67 Å². The van der Waals surface area contributed by atoms with E-state index in [1.165, 1.54) is 11.3 Å². The maximum atomic E-state index is 12.2. The van der Waals surface area contributed by atoms with Crippen molar-refractivity contribution in [3.63, 3.8) is 0 Å². The van der Waals surface area contributed by atoms with Crippen LogP contribution in [0.25, 0.3) is 10.1 Å². The highest BCUT2D eigenvalue weighted by Gasteiger charge is 2.35. The smallest absolute Gasteiger partial charge is 0.311 e. The van der Waals surface area contributed by atoms with E-state index in [4.69, 9.17) is 9.84 Å². The van der Waals surface area contributed by atoms with Crippen molar-refractivity contribution in [1.29, 1.82) is 0 Å². The zero-order valence-corrected chi connectivity index (χ0v) is 11.4. The summed E-state index contributed by atoms with van der Waals surface area (Å²) < 4.78 is 6.17. The number of carbonyl (C=O) groups excluding carboxylic acids is 1. The second-order valence-corrected chi connectivity index (χ2v) is 5.79. The number of carboxylic acid groups (broad SMARTS) is 1. The first-order valence-corrected chi connectivity index (χ1v) is 7.07. The normalized spacial score (nSPS) is 22.0. The fourth-order valence-corrected chi connectivity index (χ4v) is 3.24. The van der Waals surface area contributed by atoms with Gasteiger partial charge in [0.25, 0.3) is 5.91 Å². The summed E-state index contributed by atoms with van der Waals surface area (Å²) in [6, 6.07) is 9.09. The van der Waals surface area contributed by atoms with Gasteiger partial charge in [-0.05, 0) is 17.5 Å². The van der Waals surface area contributed by atoms with Crippen LogP contribution < -0.4 is 5.32 Å². The molecule has 5 nitrogen and oxygen atoms in total. The molecule has 1 saturated heterocycles. The van der Waals surface area contributed by atoms with Crippen molar-refractivity contribution in [2.45, 2.75) is 6.04 Å². The second kappa shape index (κ2) is 5.22. The molecule has 1 aromatic carbocycles.